The molecule has 3 rings (SSSR count). The van der Waals surface area contributed by atoms with E-state index in [1.807, 2.05) is 0 Å². The molecule has 0 spiro atoms. The molecule has 1 fully saturated rings. The first-order valence-corrected chi connectivity index (χ1v) is 8.38. The first kappa shape index (κ1) is 14.9. The third-order valence-electron chi connectivity index (χ3n) is 5.09. The van der Waals surface area contributed by atoms with Gasteiger partial charge >= 0.3 is 0 Å². The van der Waals surface area contributed by atoms with Gasteiger partial charge in [-0.05, 0) is 18.4 Å². The van der Waals surface area contributed by atoms with Crippen LogP contribution in [-0.4, -0.2) is 43.2 Å². The monoisotopic (exact) mass is 288 g/mol. The maximum Gasteiger partial charge on any atom is 0.122 e. The lowest BCUT2D eigenvalue weighted by molar-refractivity contribution is 0.0998. The quantitative estimate of drug-likeness (QED) is 0.922. The van der Waals surface area contributed by atoms with Crippen molar-refractivity contribution < 1.29 is 4.74 Å². The highest BCUT2D eigenvalue weighted by atomic mass is 16.5. The topological polar surface area (TPSA) is 24.5 Å². The second-order valence-electron chi connectivity index (χ2n) is 6.82. The first-order valence-electron chi connectivity index (χ1n) is 8.38. The average molecular weight is 288 g/mol. The molecular formula is C18H28N2O. The zero-order chi connectivity index (χ0) is 14.8. The average Bonchev–Trinajstić information content (AvgIpc) is 2.90. The summed E-state index contributed by atoms with van der Waals surface area (Å²) in [5.74, 6) is 2.31. The molecule has 2 heterocycles. The fraction of sp³-hybridized carbons (Fsp3) is 0.667. The molecule has 3 heteroatoms. The smallest absolute Gasteiger partial charge is 0.122 e. The molecule has 1 aromatic rings. The van der Waals surface area contributed by atoms with E-state index in [0.29, 0.717) is 23.9 Å². The molecule has 2 aliphatic heterocycles. The summed E-state index contributed by atoms with van der Waals surface area (Å²) in [4.78, 5) is 2.69. The van der Waals surface area contributed by atoms with E-state index in [0.717, 1.165) is 32.0 Å². The Morgan fingerprint density at radius 3 is 2.90 bits per heavy atom. The number of hydrogen-bond acceptors (Lipinski definition) is 3. The van der Waals surface area contributed by atoms with Gasteiger partial charge in [0.1, 0.15) is 5.75 Å². The van der Waals surface area contributed by atoms with Gasteiger partial charge in [0.15, 0.2) is 0 Å². The summed E-state index contributed by atoms with van der Waals surface area (Å²) in [7, 11) is 0. The molecule has 0 radical (unpaired) electrons. The molecule has 1 aromatic carbocycles. The fourth-order valence-corrected chi connectivity index (χ4v) is 3.62. The van der Waals surface area contributed by atoms with Gasteiger partial charge in [-0.1, -0.05) is 39.0 Å². The zero-order valence-electron chi connectivity index (χ0n) is 13.5. The predicted molar refractivity (Wildman–Crippen MR) is 87.0 cm³/mol. The van der Waals surface area contributed by atoms with E-state index in [4.69, 9.17) is 4.74 Å². The molecule has 21 heavy (non-hydrogen) atoms. The lowest BCUT2D eigenvalue weighted by Crippen LogP contribution is -2.58. The number of piperazine rings is 1. The van der Waals surface area contributed by atoms with Gasteiger partial charge in [-0.25, -0.2) is 0 Å². The van der Waals surface area contributed by atoms with Gasteiger partial charge in [0.2, 0.25) is 0 Å². The number of ether oxygens (including phenoxy) is 1. The number of fused-ring (bicyclic) bond motifs is 1. The molecule has 0 aliphatic carbocycles. The summed E-state index contributed by atoms with van der Waals surface area (Å²) >= 11 is 0. The van der Waals surface area contributed by atoms with Crippen LogP contribution in [0.1, 0.15) is 38.7 Å². The third kappa shape index (κ3) is 3.09. The maximum atomic E-state index is 5.85. The van der Waals surface area contributed by atoms with Gasteiger partial charge in [-0.3, -0.25) is 4.90 Å². The van der Waals surface area contributed by atoms with Gasteiger partial charge < -0.3 is 10.1 Å². The highest BCUT2D eigenvalue weighted by Gasteiger charge is 2.32. The number of para-hydroxylation sites is 1. The predicted octanol–water partition coefficient (Wildman–Crippen LogP) is 2.87. The molecule has 0 amide bonds. The van der Waals surface area contributed by atoms with Crippen LogP contribution >= 0.6 is 0 Å². The zero-order valence-corrected chi connectivity index (χ0v) is 13.5. The van der Waals surface area contributed by atoms with Crippen molar-refractivity contribution in [1.29, 1.82) is 0 Å². The summed E-state index contributed by atoms with van der Waals surface area (Å²) in [6.07, 6.45) is 1.22. The van der Waals surface area contributed by atoms with Crippen LogP contribution < -0.4 is 10.1 Å². The Morgan fingerprint density at radius 1 is 1.33 bits per heavy atom. The van der Waals surface area contributed by atoms with E-state index in [-0.39, 0.29) is 0 Å². The Balaban J connectivity index is 1.70. The Hall–Kier alpha value is -1.06. The molecule has 3 nitrogen and oxygen atoms in total. The number of rotatable bonds is 4. The number of nitrogens with zero attached hydrogens (tertiary/aromatic N) is 1. The molecule has 3 unspecified atom stereocenters. The van der Waals surface area contributed by atoms with Gasteiger partial charge in [0.05, 0.1) is 6.61 Å². The van der Waals surface area contributed by atoms with Crippen LogP contribution in [0.4, 0.5) is 0 Å². The van der Waals surface area contributed by atoms with Crippen LogP contribution in [0.15, 0.2) is 24.3 Å². The standard InChI is InChI=1S/C18H28N2O/c1-4-15-9-19-17(13(2)3)11-20(15)10-14-12-21-18-8-6-5-7-16(14)18/h5-8,13-15,17,19H,4,9-12H2,1-3H3. The summed E-state index contributed by atoms with van der Waals surface area (Å²) in [5.41, 5.74) is 1.40. The molecular weight excluding hydrogens is 260 g/mol. The van der Waals surface area contributed by atoms with Crippen molar-refractivity contribution in [1.82, 2.24) is 10.2 Å². The molecule has 3 atom stereocenters. The third-order valence-corrected chi connectivity index (χ3v) is 5.09. The molecule has 1 N–H and O–H groups in total. The van der Waals surface area contributed by atoms with Crippen LogP contribution in [0.2, 0.25) is 0 Å². The SMILES string of the molecule is CCC1CNC(C(C)C)CN1CC1COc2ccccc21. The summed E-state index contributed by atoms with van der Waals surface area (Å²) < 4.78 is 5.85. The second-order valence-corrected chi connectivity index (χ2v) is 6.82. The van der Waals surface area contributed by atoms with E-state index in [1.165, 1.54) is 12.0 Å². The summed E-state index contributed by atoms with van der Waals surface area (Å²) in [5, 5.41) is 3.72. The molecule has 0 bridgehead atoms. The van der Waals surface area contributed by atoms with E-state index >= 15 is 0 Å². The highest BCUT2D eigenvalue weighted by molar-refractivity contribution is 5.39. The van der Waals surface area contributed by atoms with Gasteiger partial charge in [0, 0.05) is 43.2 Å². The lowest BCUT2D eigenvalue weighted by atomic mass is 9.95. The molecule has 0 saturated carbocycles. The fourth-order valence-electron chi connectivity index (χ4n) is 3.62. The Kier molecular flexibility index (Phi) is 4.51. The van der Waals surface area contributed by atoms with E-state index < -0.39 is 0 Å². The lowest BCUT2D eigenvalue weighted by Gasteiger charge is -2.42. The van der Waals surface area contributed by atoms with Gasteiger partial charge in [-0.15, -0.1) is 0 Å². The number of hydrogen-bond donors (Lipinski definition) is 1. The van der Waals surface area contributed by atoms with Crippen molar-refractivity contribution in [3.8, 4) is 5.75 Å². The van der Waals surface area contributed by atoms with E-state index in [1.54, 1.807) is 0 Å². The number of nitrogens with one attached hydrogen (secondary N) is 1. The van der Waals surface area contributed by atoms with Crippen LogP contribution in [-0.2, 0) is 0 Å². The minimum Gasteiger partial charge on any atom is -0.493 e. The minimum atomic E-state index is 0.529. The normalized spacial score (nSPS) is 29.4. The summed E-state index contributed by atoms with van der Waals surface area (Å²) in [6.45, 7) is 11.2. The number of benzene rings is 1. The van der Waals surface area contributed by atoms with Crippen LogP contribution in [0.25, 0.3) is 0 Å². The minimum absolute atomic E-state index is 0.529. The Labute approximate surface area is 128 Å². The van der Waals surface area contributed by atoms with Crippen molar-refractivity contribution in [2.45, 2.75) is 45.2 Å². The van der Waals surface area contributed by atoms with Gasteiger partial charge in [-0.2, -0.15) is 0 Å². The van der Waals surface area contributed by atoms with Crippen molar-refractivity contribution in [3.63, 3.8) is 0 Å². The van der Waals surface area contributed by atoms with Gasteiger partial charge in [0.25, 0.3) is 0 Å². The molecule has 116 valence electrons. The van der Waals surface area contributed by atoms with Crippen LogP contribution in [0, 0.1) is 5.92 Å². The first-order chi connectivity index (χ1) is 10.2. The van der Waals surface area contributed by atoms with E-state index in [2.05, 4.69) is 55.3 Å². The van der Waals surface area contributed by atoms with Crippen LogP contribution in [0.5, 0.6) is 5.75 Å². The molecule has 0 aromatic heterocycles. The largest absolute Gasteiger partial charge is 0.493 e. The Morgan fingerprint density at radius 2 is 2.14 bits per heavy atom. The maximum absolute atomic E-state index is 5.85. The van der Waals surface area contributed by atoms with E-state index in [9.17, 15) is 0 Å². The summed E-state index contributed by atoms with van der Waals surface area (Å²) in [6, 6.07) is 9.80. The Bertz CT molecular complexity index is 474. The molecule has 1 saturated heterocycles. The second kappa shape index (κ2) is 6.37. The van der Waals surface area contributed by atoms with Crippen molar-refractivity contribution in [2.24, 2.45) is 5.92 Å². The highest BCUT2D eigenvalue weighted by Crippen LogP contribution is 2.34. The van der Waals surface area contributed by atoms with Crippen molar-refractivity contribution in [3.05, 3.63) is 29.8 Å². The molecule has 2 aliphatic rings. The van der Waals surface area contributed by atoms with Crippen LogP contribution in [0.3, 0.4) is 0 Å². The van der Waals surface area contributed by atoms with Crippen molar-refractivity contribution in [2.75, 3.05) is 26.2 Å². The van der Waals surface area contributed by atoms with Crippen molar-refractivity contribution >= 4 is 0 Å².